The predicted molar refractivity (Wildman–Crippen MR) is 104 cm³/mol. The minimum atomic E-state index is -0.398. The fourth-order valence-corrected chi connectivity index (χ4v) is 6.13. The molecule has 0 radical (unpaired) electrons. The van der Waals surface area contributed by atoms with Crippen LogP contribution in [-0.4, -0.2) is 53.7 Å². The van der Waals surface area contributed by atoms with Crippen molar-refractivity contribution in [2.75, 3.05) is 20.6 Å². The molecule has 0 aromatic heterocycles. The molecule has 4 heteroatoms. The number of ketones is 1. The number of allylic oxidation sites excluding steroid dienone is 1. The first-order valence-electron chi connectivity index (χ1n) is 10.4. The average Bonchev–Trinajstić information content (AvgIpc) is 2.87. The second-order valence-corrected chi connectivity index (χ2v) is 9.85. The predicted octanol–water partition coefficient (Wildman–Crippen LogP) is 3.03. The number of hydrogen-bond acceptors (Lipinski definition) is 4. The van der Waals surface area contributed by atoms with Gasteiger partial charge in [-0.25, -0.2) is 0 Å². The van der Waals surface area contributed by atoms with Crippen LogP contribution in [0.25, 0.3) is 0 Å². The van der Waals surface area contributed by atoms with Crippen molar-refractivity contribution >= 4 is 5.78 Å². The molecule has 0 spiro atoms. The third-order valence-electron chi connectivity index (χ3n) is 8.01. The van der Waals surface area contributed by atoms with Crippen molar-refractivity contribution in [2.45, 2.75) is 71.0 Å². The van der Waals surface area contributed by atoms with E-state index in [0.29, 0.717) is 12.2 Å². The van der Waals surface area contributed by atoms with Gasteiger partial charge in [-0.3, -0.25) is 4.79 Å². The van der Waals surface area contributed by atoms with E-state index in [1.165, 1.54) is 0 Å². The summed E-state index contributed by atoms with van der Waals surface area (Å²) in [4.78, 5) is 14.5. The minimum absolute atomic E-state index is 0.00553. The molecule has 3 saturated carbocycles. The highest BCUT2D eigenvalue weighted by molar-refractivity contribution is 5.87. The van der Waals surface area contributed by atoms with Crippen LogP contribution in [0.1, 0.15) is 58.8 Å². The van der Waals surface area contributed by atoms with E-state index < -0.39 is 6.10 Å². The number of fused-ring (bicyclic) bond motifs is 1. The number of carbonyl (C=O) groups is 1. The second kappa shape index (κ2) is 7.37. The van der Waals surface area contributed by atoms with Crippen LogP contribution in [0.3, 0.4) is 0 Å². The quantitative estimate of drug-likeness (QED) is 0.754. The van der Waals surface area contributed by atoms with Crippen molar-refractivity contribution in [1.29, 1.82) is 0 Å². The Hall–Kier alpha value is -0.710. The Bertz CT molecular complexity index is 560. The van der Waals surface area contributed by atoms with E-state index in [2.05, 4.69) is 45.0 Å². The summed E-state index contributed by atoms with van der Waals surface area (Å²) in [7, 11) is 4.12. The fourth-order valence-electron chi connectivity index (χ4n) is 6.13. The third kappa shape index (κ3) is 3.41. The molecule has 26 heavy (non-hydrogen) atoms. The Morgan fingerprint density at radius 2 is 1.85 bits per heavy atom. The number of aliphatic hydroxyl groups is 2. The van der Waals surface area contributed by atoms with E-state index in [4.69, 9.17) is 0 Å². The molecule has 6 unspecified atom stereocenters. The zero-order chi connectivity index (χ0) is 19.1. The summed E-state index contributed by atoms with van der Waals surface area (Å²) in [6.45, 7) is 5.29. The van der Waals surface area contributed by atoms with E-state index in [1.54, 1.807) is 0 Å². The van der Waals surface area contributed by atoms with E-state index in [-0.39, 0.29) is 34.7 Å². The maximum Gasteiger partial charge on any atom is 0.139 e. The van der Waals surface area contributed by atoms with E-state index in [9.17, 15) is 15.0 Å². The average molecular weight is 364 g/mol. The number of Topliss-reactive ketones (excluding diaryl/α,β-unsaturated/α-hetero) is 1. The first-order chi connectivity index (χ1) is 12.2. The Labute approximate surface area is 158 Å². The van der Waals surface area contributed by atoms with Gasteiger partial charge in [-0.1, -0.05) is 26.0 Å². The zero-order valence-electron chi connectivity index (χ0n) is 16.9. The molecule has 0 saturated heterocycles. The van der Waals surface area contributed by atoms with Crippen molar-refractivity contribution < 1.29 is 15.0 Å². The van der Waals surface area contributed by atoms with Crippen LogP contribution >= 0.6 is 0 Å². The number of rotatable bonds is 4. The lowest BCUT2D eigenvalue weighted by Gasteiger charge is -2.54. The lowest BCUT2D eigenvalue weighted by atomic mass is 9.52. The number of likely N-dealkylation sites (N-methyl/N-ethyl adjacent to an activating group) is 1. The van der Waals surface area contributed by atoms with Crippen molar-refractivity contribution in [2.24, 2.45) is 28.6 Å². The topological polar surface area (TPSA) is 60.8 Å². The molecule has 0 heterocycles. The molecule has 0 aliphatic heterocycles. The molecule has 0 aromatic carbocycles. The van der Waals surface area contributed by atoms with Crippen molar-refractivity contribution in [1.82, 2.24) is 4.90 Å². The van der Waals surface area contributed by atoms with Crippen LogP contribution in [0, 0.1) is 28.6 Å². The summed E-state index contributed by atoms with van der Waals surface area (Å²) in [5.41, 5.74) is -0.314. The summed E-state index contributed by atoms with van der Waals surface area (Å²) in [5, 5.41) is 21.5. The van der Waals surface area contributed by atoms with Gasteiger partial charge >= 0.3 is 0 Å². The third-order valence-corrected chi connectivity index (χ3v) is 8.01. The molecule has 7 atom stereocenters. The number of hydrogen-bond donors (Lipinski definition) is 2. The zero-order valence-corrected chi connectivity index (χ0v) is 16.9. The molecule has 2 N–H and O–H groups in total. The maximum absolute atomic E-state index is 12.4. The van der Waals surface area contributed by atoms with Crippen LogP contribution in [-0.2, 0) is 4.79 Å². The Morgan fingerprint density at radius 1 is 1.12 bits per heavy atom. The normalized spacial score (nSPS) is 46.9. The summed E-state index contributed by atoms with van der Waals surface area (Å²) in [5.74, 6) is 0.968. The summed E-state index contributed by atoms with van der Waals surface area (Å²) in [6.07, 6.45) is 9.70. The van der Waals surface area contributed by atoms with E-state index in [0.717, 1.165) is 45.1 Å². The Balaban J connectivity index is 1.82. The van der Waals surface area contributed by atoms with Crippen LogP contribution in [0.2, 0.25) is 0 Å². The standard InChI is InChI=1S/C22H37NO3/c1-21(11-9-16(24)14-15(21)6-5-13-23(3)4)18-10-12-22(2)17(20(18)26)7-8-19(22)25/h5-6,15-18,20,24,26H,7-14H2,1-4H3/b6-5-/t15?,16?,17?,18?,20-,21?,22?/m0/s1. The monoisotopic (exact) mass is 363 g/mol. The molecule has 0 aromatic rings. The van der Waals surface area contributed by atoms with Gasteiger partial charge in [-0.15, -0.1) is 0 Å². The maximum atomic E-state index is 12.4. The SMILES string of the molecule is CN(C)C/C=C\C1CC(O)CCC1(C)C1CCC2(C)C(=O)CCC2[C@@H]1O. The number of nitrogens with zero attached hydrogens (tertiary/aromatic N) is 1. The summed E-state index contributed by atoms with van der Waals surface area (Å²) < 4.78 is 0. The van der Waals surface area contributed by atoms with Gasteiger partial charge in [0, 0.05) is 18.4 Å². The molecule has 0 amide bonds. The number of carbonyl (C=O) groups excluding carboxylic acids is 1. The van der Waals surface area contributed by atoms with Crippen LogP contribution in [0.5, 0.6) is 0 Å². The lowest BCUT2D eigenvalue weighted by Crippen LogP contribution is -2.53. The van der Waals surface area contributed by atoms with Crippen molar-refractivity contribution in [3.63, 3.8) is 0 Å². The molecule has 3 aliphatic carbocycles. The smallest absolute Gasteiger partial charge is 0.139 e. The molecule has 3 aliphatic rings. The lowest BCUT2D eigenvalue weighted by molar-refractivity contribution is -0.142. The Kier molecular flexibility index (Phi) is 5.68. The molecular formula is C22H37NO3. The molecule has 0 bridgehead atoms. The fraction of sp³-hybridized carbons (Fsp3) is 0.864. The second-order valence-electron chi connectivity index (χ2n) is 9.85. The van der Waals surface area contributed by atoms with Crippen LogP contribution < -0.4 is 0 Å². The molecule has 3 fully saturated rings. The van der Waals surface area contributed by atoms with Gasteiger partial charge < -0.3 is 15.1 Å². The summed E-state index contributed by atoms with van der Waals surface area (Å²) >= 11 is 0. The molecular weight excluding hydrogens is 326 g/mol. The van der Waals surface area contributed by atoms with Gasteiger partial charge in [0.25, 0.3) is 0 Å². The highest BCUT2D eigenvalue weighted by Gasteiger charge is 2.58. The van der Waals surface area contributed by atoms with E-state index >= 15 is 0 Å². The van der Waals surface area contributed by atoms with Gasteiger partial charge in [-0.05, 0) is 75.8 Å². The molecule has 4 nitrogen and oxygen atoms in total. The van der Waals surface area contributed by atoms with Gasteiger partial charge in [0.2, 0.25) is 0 Å². The first-order valence-corrected chi connectivity index (χ1v) is 10.4. The van der Waals surface area contributed by atoms with Gasteiger partial charge in [-0.2, -0.15) is 0 Å². The van der Waals surface area contributed by atoms with Crippen LogP contribution in [0.15, 0.2) is 12.2 Å². The Morgan fingerprint density at radius 3 is 2.54 bits per heavy atom. The van der Waals surface area contributed by atoms with Crippen molar-refractivity contribution in [3.8, 4) is 0 Å². The van der Waals surface area contributed by atoms with Crippen LogP contribution in [0.4, 0.5) is 0 Å². The van der Waals surface area contributed by atoms with Crippen molar-refractivity contribution in [3.05, 3.63) is 12.2 Å². The number of aliphatic hydroxyl groups excluding tert-OH is 2. The van der Waals surface area contributed by atoms with Gasteiger partial charge in [0.15, 0.2) is 0 Å². The first kappa shape index (κ1) is 20.0. The minimum Gasteiger partial charge on any atom is -0.393 e. The van der Waals surface area contributed by atoms with Gasteiger partial charge in [0.05, 0.1) is 12.2 Å². The van der Waals surface area contributed by atoms with E-state index in [1.807, 2.05) is 0 Å². The largest absolute Gasteiger partial charge is 0.393 e. The summed E-state index contributed by atoms with van der Waals surface area (Å²) in [6, 6.07) is 0. The highest BCUT2D eigenvalue weighted by atomic mass is 16.3. The molecule has 148 valence electrons. The highest BCUT2D eigenvalue weighted by Crippen LogP contribution is 2.59. The molecule has 3 rings (SSSR count). The van der Waals surface area contributed by atoms with Gasteiger partial charge in [0.1, 0.15) is 5.78 Å².